The fourth-order valence-electron chi connectivity index (χ4n) is 2.40. The molecule has 1 N–H and O–H groups in total. The van der Waals surface area contributed by atoms with Crippen molar-refractivity contribution in [2.75, 3.05) is 6.54 Å². The van der Waals surface area contributed by atoms with Gasteiger partial charge in [-0.15, -0.1) is 11.3 Å². The van der Waals surface area contributed by atoms with Gasteiger partial charge in [0.15, 0.2) is 0 Å². The van der Waals surface area contributed by atoms with Crippen LogP contribution in [0.2, 0.25) is 5.02 Å². The quantitative estimate of drug-likeness (QED) is 0.653. The summed E-state index contributed by atoms with van der Waals surface area (Å²) in [5, 5.41) is 1.20. The minimum absolute atomic E-state index is 0.170. The van der Waals surface area contributed by atoms with Crippen molar-refractivity contribution in [3.8, 4) is 10.6 Å². The van der Waals surface area contributed by atoms with E-state index in [4.69, 9.17) is 11.6 Å². The second-order valence-corrected chi connectivity index (χ2v) is 8.93. The average molecular weight is 411 g/mol. The third-order valence-corrected chi connectivity index (χ3v) is 6.73. The van der Waals surface area contributed by atoms with E-state index in [1.807, 2.05) is 6.92 Å². The lowest BCUT2D eigenvalue weighted by atomic mass is 10.2. The van der Waals surface area contributed by atoms with Crippen LogP contribution in [-0.4, -0.2) is 19.9 Å². The maximum absolute atomic E-state index is 13.4. The number of hydrogen-bond donors (Lipinski definition) is 1. The van der Waals surface area contributed by atoms with Gasteiger partial charge >= 0.3 is 0 Å². The molecule has 0 aliphatic heterocycles. The van der Waals surface area contributed by atoms with Gasteiger partial charge in [0.25, 0.3) is 0 Å². The number of rotatable bonds is 6. The zero-order valence-electron chi connectivity index (χ0n) is 13.9. The molecule has 0 fully saturated rings. The second kappa shape index (κ2) is 7.84. The molecule has 0 spiro atoms. The van der Waals surface area contributed by atoms with Gasteiger partial charge in [-0.25, -0.2) is 22.5 Å². The summed E-state index contributed by atoms with van der Waals surface area (Å²) in [6.45, 7) is 2.11. The van der Waals surface area contributed by atoms with Crippen molar-refractivity contribution in [2.24, 2.45) is 0 Å². The number of nitrogens with zero attached hydrogens (tertiary/aromatic N) is 1. The molecular weight excluding hydrogens is 395 g/mol. The number of benzene rings is 2. The van der Waals surface area contributed by atoms with Gasteiger partial charge in [-0.3, -0.25) is 0 Å². The van der Waals surface area contributed by atoms with Crippen molar-refractivity contribution in [1.82, 2.24) is 9.71 Å². The zero-order valence-corrected chi connectivity index (χ0v) is 16.3. The molecule has 0 unspecified atom stereocenters. The molecule has 3 aromatic rings. The first-order chi connectivity index (χ1) is 12.3. The van der Waals surface area contributed by atoms with E-state index in [2.05, 4.69) is 9.71 Å². The summed E-state index contributed by atoms with van der Waals surface area (Å²) in [6, 6.07) is 12.3. The number of aromatic nitrogens is 1. The predicted molar refractivity (Wildman–Crippen MR) is 103 cm³/mol. The molecule has 0 saturated carbocycles. The average Bonchev–Trinajstić information content (AvgIpc) is 2.96. The van der Waals surface area contributed by atoms with E-state index >= 15 is 0 Å². The molecule has 0 bridgehead atoms. The SMILES string of the molecule is Cc1nc(-c2cccc(F)c2)sc1CCNS(=O)(=O)c1ccc(Cl)cc1. The Bertz CT molecular complexity index is 1020. The van der Waals surface area contributed by atoms with Crippen LogP contribution in [0.4, 0.5) is 4.39 Å². The second-order valence-electron chi connectivity index (χ2n) is 5.64. The van der Waals surface area contributed by atoms with Crippen LogP contribution in [0.3, 0.4) is 0 Å². The highest BCUT2D eigenvalue weighted by Crippen LogP contribution is 2.28. The van der Waals surface area contributed by atoms with Crippen molar-refractivity contribution in [3.63, 3.8) is 0 Å². The summed E-state index contributed by atoms with van der Waals surface area (Å²) in [7, 11) is -3.59. The fraction of sp³-hybridized carbons (Fsp3) is 0.167. The standard InChI is InChI=1S/C18H16ClFN2O2S2/c1-12-17(25-18(22-12)13-3-2-4-15(20)11-13)9-10-21-26(23,24)16-7-5-14(19)6-8-16/h2-8,11,21H,9-10H2,1H3. The van der Waals surface area contributed by atoms with Gasteiger partial charge < -0.3 is 0 Å². The van der Waals surface area contributed by atoms with Crippen molar-refractivity contribution in [3.05, 3.63) is 69.9 Å². The smallest absolute Gasteiger partial charge is 0.240 e. The largest absolute Gasteiger partial charge is 0.241 e. The molecule has 0 saturated heterocycles. The van der Waals surface area contributed by atoms with Gasteiger partial charge in [0.05, 0.1) is 10.6 Å². The van der Waals surface area contributed by atoms with E-state index in [0.29, 0.717) is 17.0 Å². The van der Waals surface area contributed by atoms with Gasteiger partial charge in [-0.1, -0.05) is 23.7 Å². The van der Waals surface area contributed by atoms with Gasteiger partial charge in [-0.2, -0.15) is 0 Å². The Morgan fingerprint density at radius 1 is 1.19 bits per heavy atom. The monoisotopic (exact) mass is 410 g/mol. The Balaban J connectivity index is 1.68. The predicted octanol–water partition coefficient (Wildman–Crippen LogP) is 4.43. The van der Waals surface area contributed by atoms with E-state index in [0.717, 1.165) is 15.6 Å². The lowest BCUT2D eigenvalue weighted by molar-refractivity contribution is 0.581. The first kappa shape index (κ1) is 19.0. The summed E-state index contributed by atoms with van der Waals surface area (Å²) < 4.78 is 40.5. The molecule has 8 heteroatoms. The van der Waals surface area contributed by atoms with Crippen LogP contribution in [-0.2, 0) is 16.4 Å². The third kappa shape index (κ3) is 4.48. The summed E-state index contributed by atoms with van der Waals surface area (Å²) in [5.41, 5.74) is 1.53. The lowest BCUT2D eigenvalue weighted by Gasteiger charge is -2.06. The van der Waals surface area contributed by atoms with E-state index in [-0.39, 0.29) is 17.3 Å². The Labute approximate surface area is 160 Å². The van der Waals surface area contributed by atoms with E-state index in [9.17, 15) is 12.8 Å². The van der Waals surface area contributed by atoms with Gasteiger partial charge in [0.1, 0.15) is 10.8 Å². The van der Waals surface area contributed by atoms with Crippen LogP contribution in [0.1, 0.15) is 10.6 Å². The molecule has 0 radical (unpaired) electrons. The normalized spacial score (nSPS) is 11.7. The molecular formula is C18H16ClFN2O2S2. The molecule has 0 aliphatic rings. The van der Waals surface area contributed by atoms with E-state index in [1.165, 1.54) is 47.7 Å². The third-order valence-electron chi connectivity index (χ3n) is 3.73. The molecule has 0 atom stereocenters. The number of halogens is 2. The van der Waals surface area contributed by atoms with Crippen LogP contribution >= 0.6 is 22.9 Å². The molecule has 2 aromatic carbocycles. The number of aryl methyl sites for hydroxylation is 1. The van der Waals surface area contributed by atoms with Crippen molar-refractivity contribution < 1.29 is 12.8 Å². The molecule has 136 valence electrons. The number of sulfonamides is 1. The number of thiazole rings is 1. The number of hydrogen-bond acceptors (Lipinski definition) is 4. The first-order valence-corrected chi connectivity index (χ1v) is 10.5. The van der Waals surface area contributed by atoms with Gasteiger partial charge in [-0.05, 0) is 49.7 Å². The zero-order chi connectivity index (χ0) is 18.7. The van der Waals surface area contributed by atoms with Crippen LogP contribution < -0.4 is 4.72 Å². The fourth-order valence-corrected chi connectivity index (χ4v) is 4.62. The Kier molecular flexibility index (Phi) is 5.72. The Morgan fingerprint density at radius 2 is 1.92 bits per heavy atom. The maximum Gasteiger partial charge on any atom is 0.240 e. The van der Waals surface area contributed by atoms with Gasteiger partial charge in [0.2, 0.25) is 10.0 Å². The molecule has 1 aromatic heterocycles. The van der Waals surface area contributed by atoms with Gasteiger partial charge in [0, 0.05) is 22.0 Å². The summed E-state index contributed by atoms with van der Waals surface area (Å²) in [5.74, 6) is -0.312. The van der Waals surface area contributed by atoms with E-state index in [1.54, 1.807) is 12.1 Å². The molecule has 3 rings (SSSR count). The van der Waals surface area contributed by atoms with E-state index < -0.39 is 10.0 Å². The van der Waals surface area contributed by atoms with Crippen molar-refractivity contribution >= 4 is 33.0 Å². The molecule has 1 heterocycles. The molecule has 4 nitrogen and oxygen atoms in total. The van der Waals surface area contributed by atoms with Crippen LogP contribution in [0, 0.1) is 12.7 Å². The van der Waals surface area contributed by atoms with Crippen molar-refractivity contribution in [2.45, 2.75) is 18.2 Å². The Hall–Kier alpha value is -1.80. The highest BCUT2D eigenvalue weighted by Gasteiger charge is 2.15. The topological polar surface area (TPSA) is 59.1 Å². The molecule has 0 amide bonds. The molecule has 0 aliphatic carbocycles. The molecule has 26 heavy (non-hydrogen) atoms. The number of nitrogens with one attached hydrogen (secondary N) is 1. The first-order valence-electron chi connectivity index (χ1n) is 7.82. The summed E-state index contributed by atoms with van der Waals surface area (Å²) in [4.78, 5) is 5.60. The van der Waals surface area contributed by atoms with Crippen LogP contribution in [0.5, 0.6) is 0 Å². The summed E-state index contributed by atoms with van der Waals surface area (Å²) in [6.07, 6.45) is 0.506. The maximum atomic E-state index is 13.4. The van der Waals surface area contributed by atoms with Crippen LogP contribution in [0.25, 0.3) is 10.6 Å². The Morgan fingerprint density at radius 3 is 2.62 bits per heavy atom. The minimum Gasteiger partial charge on any atom is -0.241 e. The highest BCUT2D eigenvalue weighted by atomic mass is 35.5. The lowest BCUT2D eigenvalue weighted by Crippen LogP contribution is -2.25. The summed E-state index contributed by atoms with van der Waals surface area (Å²) >= 11 is 7.22. The minimum atomic E-state index is -3.59. The highest BCUT2D eigenvalue weighted by molar-refractivity contribution is 7.89. The van der Waals surface area contributed by atoms with Crippen LogP contribution in [0.15, 0.2) is 53.4 Å². The van der Waals surface area contributed by atoms with Crippen molar-refractivity contribution in [1.29, 1.82) is 0 Å².